The van der Waals surface area contributed by atoms with E-state index < -0.39 is 10.6 Å². The van der Waals surface area contributed by atoms with E-state index in [0.29, 0.717) is 36.3 Å². The molecule has 0 fully saturated rings. The SMILES string of the molecule is CCCC(=O)OC1(Br)CCc2nn(-c3ccc(OC)cc3)c(-c3ccc(Cl)cc3)c2C1O. The maximum Gasteiger partial charge on any atom is 0.307 e. The van der Waals surface area contributed by atoms with Crippen LogP contribution in [0.4, 0.5) is 0 Å². The molecule has 0 radical (unpaired) electrons. The van der Waals surface area contributed by atoms with Gasteiger partial charge in [-0.1, -0.05) is 30.7 Å². The largest absolute Gasteiger partial charge is 0.497 e. The number of carbonyl (C=O) groups excluding carboxylic acids is 1. The molecule has 1 N–H and O–H groups in total. The van der Waals surface area contributed by atoms with Crippen LogP contribution in [0.5, 0.6) is 5.75 Å². The normalized spacial score (nSPS) is 20.0. The van der Waals surface area contributed by atoms with Crippen molar-refractivity contribution in [2.45, 2.75) is 43.2 Å². The van der Waals surface area contributed by atoms with E-state index in [1.807, 2.05) is 48.0 Å². The summed E-state index contributed by atoms with van der Waals surface area (Å²) in [6.45, 7) is 1.91. The predicted molar refractivity (Wildman–Crippen MR) is 127 cm³/mol. The maximum absolute atomic E-state index is 12.2. The predicted octanol–water partition coefficient (Wildman–Crippen LogP) is 5.62. The van der Waals surface area contributed by atoms with E-state index in [1.54, 1.807) is 19.2 Å². The number of fused-ring (bicyclic) bond motifs is 1. The number of benzene rings is 2. The molecular formula is C24H24BrClN2O4. The van der Waals surface area contributed by atoms with Crippen molar-refractivity contribution in [1.29, 1.82) is 0 Å². The highest BCUT2D eigenvalue weighted by Gasteiger charge is 2.47. The van der Waals surface area contributed by atoms with Gasteiger partial charge in [0, 0.05) is 29.0 Å². The highest BCUT2D eigenvalue weighted by atomic mass is 79.9. The van der Waals surface area contributed by atoms with Gasteiger partial charge in [0.1, 0.15) is 11.9 Å². The molecule has 2 aromatic carbocycles. The van der Waals surface area contributed by atoms with Gasteiger partial charge in [-0.25, -0.2) is 4.68 Å². The topological polar surface area (TPSA) is 73.6 Å². The smallest absolute Gasteiger partial charge is 0.307 e. The van der Waals surface area contributed by atoms with Gasteiger partial charge in [-0.05, 0) is 65.2 Å². The van der Waals surface area contributed by atoms with Gasteiger partial charge in [0.25, 0.3) is 0 Å². The summed E-state index contributed by atoms with van der Waals surface area (Å²) >= 11 is 9.65. The summed E-state index contributed by atoms with van der Waals surface area (Å²) in [5, 5.41) is 16.9. The second kappa shape index (κ2) is 9.25. The average molecular weight is 520 g/mol. The van der Waals surface area contributed by atoms with Gasteiger partial charge in [0.2, 0.25) is 0 Å². The third-order valence-electron chi connectivity index (χ3n) is 5.56. The number of methoxy groups -OCH3 is 1. The second-order valence-corrected chi connectivity index (χ2v) is 9.52. The Hall–Kier alpha value is -2.35. The quantitative estimate of drug-likeness (QED) is 0.338. The van der Waals surface area contributed by atoms with Gasteiger partial charge < -0.3 is 14.6 Å². The number of nitrogens with zero attached hydrogens (tertiary/aromatic N) is 2. The van der Waals surface area contributed by atoms with E-state index in [2.05, 4.69) is 15.9 Å². The van der Waals surface area contributed by atoms with Crippen LogP contribution in [0.1, 0.15) is 43.5 Å². The zero-order chi connectivity index (χ0) is 22.9. The lowest BCUT2D eigenvalue weighted by Gasteiger charge is -2.36. The van der Waals surface area contributed by atoms with Crippen molar-refractivity contribution in [2.75, 3.05) is 7.11 Å². The number of aliphatic hydroxyl groups is 1. The number of aliphatic hydroxyl groups excluding tert-OH is 1. The monoisotopic (exact) mass is 518 g/mol. The van der Waals surface area contributed by atoms with Crippen LogP contribution in [-0.2, 0) is 16.0 Å². The molecule has 32 heavy (non-hydrogen) atoms. The number of carbonyl (C=O) groups is 1. The summed E-state index contributed by atoms with van der Waals surface area (Å²) in [5.74, 6) is 0.392. The lowest BCUT2D eigenvalue weighted by Crippen LogP contribution is -2.39. The first kappa shape index (κ1) is 22.8. The molecule has 0 bridgehead atoms. The first-order valence-electron chi connectivity index (χ1n) is 10.5. The number of aryl methyl sites for hydroxylation is 1. The fourth-order valence-corrected chi connectivity index (χ4v) is 4.67. The number of aromatic nitrogens is 2. The fraction of sp³-hybridized carbons (Fsp3) is 0.333. The molecule has 0 spiro atoms. The number of hydrogen-bond acceptors (Lipinski definition) is 5. The van der Waals surface area contributed by atoms with Gasteiger partial charge in [0.15, 0.2) is 4.51 Å². The van der Waals surface area contributed by atoms with Crippen LogP contribution in [0.15, 0.2) is 48.5 Å². The van der Waals surface area contributed by atoms with Crippen molar-refractivity contribution >= 4 is 33.5 Å². The molecule has 0 aliphatic heterocycles. The van der Waals surface area contributed by atoms with Crippen LogP contribution in [0.25, 0.3) is 16.9 Å². The molecular weight excluding hydrogens is 496 g/mol. The summed E-state index contributed by atoms with van der Waals surface area (Å²) in [5.41, 5.74) is 3.79. The number of hydrogen-bond donors (Lipinski definition) is 1. The Morgan fingerprint density at radius 2 is 1.94 bits per heavy atom. The Labute approximate surface area is 200 Å². The van der Waals surface area contributed by atoms with Crippen LogP contribution in [0, 0.1) is 0 Å². The molecule has 0 amide bonds. The van der Waals surface area contributed by atoms with Crippen LogP contribution in [0.3, 0.4) is 0 Å². The molecule has 0 saturated heterocycles. The Morgan fingerprint density at radius 1 is 1.25 bits per heavy atom. The average Bonchev–Trinajstić information content (AvgIpc) is 3.17. The zero-order valence-electron chi connectivity index (χ0n) is 17.8. The number of alkyl halides is 1. The molecule has 1 aliphatic rings. The standard InChI is InChI=1S/C24H24BrClN2O4/c1-3-4-20(29)32-24(25)14-13-19-21(23(24)30)22(15-5-7-16(26)8-6-15)28(27-19)17-9-11-18(31-2)12-10-17/h5-12,23,30H,3-4,13-14H2,1-2H3. The summed E-state index contributed by atoms with van der Waals surface area (Å²) in [6.07, 6.45) is 0.832. The van der Waals surface area contributed by atoms with Gasteiger partial charge in [-0.3, -0.25) is 4.79 Å². The maximum atomic E-state index is 12.2. The van der Waals surface area contributed by atoms with E-state index in [1.165, 1.54) is 0 Å². The van der Waals surface area contributed by atoms with Crippen LogP contribution in [0.2, 0.25) is 5.02 Å². The van der Waals surface area contributed by atoms with Gasteiger partial charge in [0.05, 0.1) is 24.2 Å². The lowest BCUT2D eigenvalue weighted by molar-refractivity contribution is -0.160. The molecule has 1 aromatic heterocycles. The number of rotatable bonds is 6. The molecule has 6 nitrogen and oxygen atoms in total. The van der Waals surface area contributed by atoms with Crippen molar-refractivity contribution in [3.05, 3.63) is 64.8 Å². The molecule has 4 rings (SSSR count). The van der Waals surface area contributed by atoms with E-state index in [-0.39, 0.29) is 5.97 Å². The Bertz CT molecular complexity index is 1110. The molecule has 2 atom stereocenters. The Morgan fingerprint density at radius 3 is 2.56 bits per heavy atom. The van der Waals surface area contributed by atoms with Crippen LogP contribution in [-0.4, -0.2) is 32.5 Å². The molecule has 168 valence electrons. The highest BCUT2D eigenvalue weighted by molar-refractivity contribution is 9.10. The Kier molecular flexibility index (Phi) is 6.60. The highest BCUT2D eigenvalue weighted by Crippen LogP contribution is 2.48. The van der Waals surface area contributed by atoms with Crippen molar-refractivity contribution in [1.82, 2.24) is 9.78 Å². The molecule has 3 aromatic rings. The lowest BCUT2D eigenvalue weighted by atomic mass is 9.88. The molecule has 1 aliphatic carbocycles. The number of esters is 1. The number of ether oxygens (including phenoxy) is 2. The van der Waals surface area contributed by atoms with Crippen molar-refractivity contribution in [2.24, 2.45) is 0 Å². The third-order valence-corrected chi connectivity index (χ3v) is 6.80. The van der Waals surface area contributed by atoms with Crippen LogP contribution >= 0.6 is 27.5 Å². The van der Waals surface area contributed by atoms with Gasteiger partial charge >= 0.3 is 5.97 Å². The first-order valence-corrected chi connectivity index (χ1v) is 11.6. The van der Waals surface area contributed by atoms with E-state index in [9.17, 15) is 9.90 Å². The summed E-state index contributed by atoms with van der Waals surface area (Å²) in [7, 11) is 1.62. The van der Waals surface area contributed by atoms with Crippen molar-refractivity contribution in [3.8, 4) is 22.7 Å². The van der Waals surface area contributed by atoms with Gasteiger partial charge in [-0.15, -0.1) is 0 Å². The van der Waals surface area contributed by atoms with E-state index >= 15 is 0 Å². The van der Waals surface area contributed by atoms with Gasteiger partial charge in [-0.2, -0.15) is 5.10 Å². The van der Waals surface area contributed by atoms with E-state index in [4.69, 9.17) is 26.2 Å². The van der Waals surface area contributed by atoms with E-state index in [0.717, 1.165) is 28.4 Å². The molecule has 0 saturated carbocycles. The summed E-state index contributed by atoms with van der Waals surface area (Å²) in [4.78, 5) is 12.2. The molecule has 8 heteroatoms. The molecule has 2 unspecified atom stereocenters. The third kappa shape index (κ3) is 4.29. The first-order chi connectivity index (χ1) is 15.4. The fourth-order valence-electron chi connectivity index (χ4n) is 3.94. The Balaban J connectivity index is 1.85. The van der Waals surface area contributed by atoms with Crippen LogP contribution < -0.4 is 4.74 Å². The zero-order valence-corrected chi connectivity index (χ0v) is 20.2. The number of halogens is 2. The van der Waals surface area contributed by atoms with Crippen molar-refractivity contribution < 1.29 is 19.4 Å². The summed E-state index contributed by atoms with van der Waals surface area (Å²) < 4.78 is 11.6. The minimum Gasteiger partial charge on any atom is -0.497 e. The molecule has 1 heterocycles. The van der Waals surface area contributed by atoms with Crippen molar-refractivity contribution in [3.63, 3.8) is 0 Å². The second-order valence-electron chi connectivity index (χ2n) is 7.74. The summed E-state index contributed by atoms with van der Waals surface area (Å²) in [6, 6.07) is 14.9. The minimum atomic E-state index is -1.21. The minimum absolute atomic E-state index is 0.294.